The Balaban J connectivity index is 1.89. The van der Waals surface area contributed by atoms with Crippen LogP contribution in [0.4, 0.5) is 5.69 Å². The van der Waals surface area contributed by atoms with Crippen molar-refractivity contribution in [2.45, 2.75) is 33.7 Å². The Morgan fingerprint density at radius 2 is 1.52 bits per heavy atom. The molecule has 0 atom stereocenters. The van der Waals surface area contributed by atoms with Crippen LogP contribution in [0.15, 0.2) is 54.9 Å². The van der Waals surface area contributed by atoms with Gasteiger partial charge in [0.05, 0.1) is 5.82 Å². The van der Waals surface area contributed by atoms with Crippen LogP contribution in [-0.4, -0.2) is 0 Å². The minimum atomic E-state index is 0.778. The molecule has 0 fully saturated rings. The molecule has 0 aliphatic rings. The van der Waals surface area contributed by atoms with Gasteiger partial charge in [-0.25, -0.2) is 0 Å². The van der Waals surface area contributed by atoms with Gasteiger partial charge in [0.2, 0.25) is 0 Å². The monoisotopic (exact) mass is 280 g/mol. The Hall–Kier alpha value is -2.22. The van der Waals surface area contributed by atoms with Crippen LogP contribution in [-0.2, 0) is 13.0 Å². The summed E-state index contributed by atoms with van der Waals surface area (Å²) in [6.45, 7) is 11.2. The highest BCUT2D eigenvalue weighted by atomic mass is 15.1. The fourth-order valence-corrected chi connectivity index (χ4v) is 2.37. The van der Waals surface area contributed by atoms with Gasteiger partial charge in [0.1, 0.15) is 0 Å². The van der Waals surface area contributed by atoms with Crippen LogP contribution in [0, 0.1) is 13.8 Å². The average molecular weight is 280 g/mol. The molecule has 0 heterocycles. The molecule has 0 radical (unpaired) electrons. The lowest BCUT2D eigenvalue weighted by Gasteiger charge is -2.13. The molecule has 0 aromatic heterocycles. The molecule has 2 heteroatoms. The molecule has 0 saturated carbocycles. The highest BCUT2D eigenvalue weighted by Crippen LogP contribution is 2.15. The molecule has 21 heavy (non-hydrogen) atoms. The highest BCUT2D eigenvalue weighted by molar-refractivity contribution is 5.51. The first kappa shape index (κ1) is 15.2. The van der Waals surface area contributed by atoms with Crippen molar-refractivity contribution in [2.24, 2.45) is 0 Å². The van der Waals surface area contributed by atoms with Gasteiger partial charge >= 0.3 is 0 Å². The van der Waals surface area contributed by atoms with E-state index in [9.17, 15) is 0 Å². The number of aryl methyl sites for hydroxylation is 3. The van der Waals surface area contributed by atoms with Gasteiger partial charge in [-0.15, -0.1) is 0 Å². The fourth-order valence-electron chi connectivity index (χ4n) is 2.37. The van der Waals surface area contributed by atoms with Gasteiger partial charge in [0.15, 0.2) is 0 Å². The summed E-state index contributed by atoms with van der Waals surface area (Å²) in [5, 5.41) is 6.63. The lowest BCUT2D eigenvalue weighted by atomic mass is 10.1. The molecule has 0 bridgehead atoms. The van der Waals surface area contributed by atoms with Crippen LogP contribution in [0.1, 0.15) is 29.2 Å². The molecule has 0 unspecified atom stereocenters. The van der Waals surface area contributed by atoms with E-state index in [4.69, 9.17) is 0 Å². The summed E-state index contributed by atoms with van der Waals surface area (Å²) in [4.78, 5) is 0. The van der Waals surface area contributed by atoms with Crippen molar-refractivity contribution in [2.75, 3.05) is 5.32 Å². The van der Waals surface area contributed by atoms with Gasteiger partial charge in [-0.2, -0.15) is 0 Å². The van der Waals surface area contributed by atoms with Crippen LogP contribution >= 0.6 is 0 Å². The van der Waals surface area contributed by atoms with Gasteiger partial charge in [-0.05, 0) is 54.7 Å². The topological polar surface area (TPSA) is 24.1 Å². The first-order valence-electron chi connectivity index (χ1n) is 7.42. The minimum Gasteiger partial charge on any atom is -0.368 e. The third-order valence-electron chi connectivity index (χ3n) is 3.45. The molecule has 2 N–H and O–H groups in total. The summed E-state index contributed by atoms with van der Waals surface area (Å²) in [6.07, 6.45) is 1.08. The molecule has 110 valence electrons. The number of benzene rings is 2. The predicted octanol–water partition coefficient (Wildman–Crippen LogP) is 4.54. The second-order valence-electron chi connectivity index (χ2n) is 5.50. The van der Waals surface area contributed by atoms with Gasteiger partial charge in [0.25, 0.3) is 0 Å². The third kappa shape index (κ3) is 4.67. The van der Waals surface area contributed by atoms with Crippen molar-refractivity contribution >= 4 is 5.69 Å². The number of anilines is 1. The quantitative estimate of drug-likeness (QED) is 0.812. The zero-order valence-corrected chi connectivity index (χ0v) is 13.2. The van der Waals surface area contributed by atoms with E-state index in [1.165, 1.54) is 22.3 Å². The number of rotatable bonds is 6. The van der Waals surface area contributed by atoms with Gasteiger partial charge in [-0.3, -0.25) is 0 Å². The Morgan fingerprint density at radius 1 is 0.952 bits per heavy atom. The second-order valence-corrected chi connectivity index (χ2v) is 5.50. The van der Waals surface area contributed by atoms with E-state index in [2.05, 4.69) is 80.4 Å². The van der Waals surface area contributed by atoms with E-state index in [1.54, 1.807) is 0 Å². The van der Waals surface area contributed by atoms with E-state index in [0.717, 1.165) is 24.5 Å². The van der Waals surface area contributed by atoms with Crippen molar-refractivity contribution in [1.82, 2.24) is 5.32 Å². The van der Waals surface area contributed by atoms with E-state index < -0.39 is 0 Å². The lowest BCUT2D eigenvalue weighted by Crippen LogP contribution is -2.18. The van der Waals surface area contributed by atoms with E-state index in [0.29, 0.717) is 0 Å². The maximum atomic E-state index is 4.04. The lowest BCUT2D eigenvalue weighted by molar-refractivity contribution is 0.819. The zero-order chi connectivity index (χ0) is 15.2. The Bertz CT molecular complexity index is 592. The SMILES string of the molecule is C=C(NCc1ccc(CC)cc1)Nc1cc(C)cc(C)c1. The molecule has 2 aromatic rings. The Labute approximate surface area is 127 Å². The fraction of sp³-hybridized carbons (Fsp3) is 0.263. The Morgan fingerprint density at radius 3 is 2.10 bits per heavy atom. The first-order chi connectivity index (χ1) is 10.1. The second kappa shape index (κ2) is 6.98. The summed E-state index contributed by atoms with van der Waals surface area (Å²) < 4.78 is 0. The summed E-state index contributed by atoms with van der Waals surface area (Å²) in [6, 6.07) is 15.1. The first-order valence-corrected chi connectivity index (χ1v) is 7.42. The molecule has 2 nitrogen and oxygen atoms in total. The molecule has 0 amide bonds. The van der Waals surface area contributed by atoms with E-state index >= 15 is 0 Å². The normalized spacial score (nSPS) is 10.2. The third-order valence-corrected chi connectivity index (χ3v) is 3.45. The number of nitrogens with one attached hydrogen (secondary N) is 2. The molecule has 2 aromatic carbocycles. The summed E-state index contributed by atoms with van der Waals surface area (Å²) in [5.41, 5.74) is 6.20. The van der Waals surface area contributed by atoms with Crippen LogP contribution in [0.3, 0.4) is 0 Å². The maximum Gasteiger partial charge on any atom is 0.0959 e. The summed E-state index contributed by atoms with van der Waals surface area (Å²) in [5.74, 6) is 0.819. The molecular weight excluding hydrogens is 256 g/mol. The predicted molar refractivity (Wildman–Crippen MR) is 91.3 cm³/mol. The van der Waals surface area contributed by atoms with Crippen LogP contribution in [0.2, 0.25) is 0 Å². The van der Waals surface area contributed by atoms with Crippen LogP contribution in [0.25, 0.3) is 0 Å². The van der Waals surface area contributed by atoms with Crippen molar-refractivity contribution in [3.05, 3.63) is 77.1 Å². The van der Waals surface area contributed by atoms with E-state index in [-0.39, 0.29) is 0 Å². The number of hydrogen-bond acceptors (Lipinski definition) is 2. The zero-order valence-electron chi connectivity index (χ0n) is 13.2. The summed E-state index contributed by atoms with van der Waals surface area (Å²) >= 11 is 0. The largest absolute Gasteiger partial charge is 0.368 e. The van der Waals surface area contributed by atoms with E-state index in [1.807, 2.05) is 0 Å². The number of hydrogen-bond donors (Lipinski definition) is 2. The molecule has 0 saturated heterocycles. The van der Waals surface area contributed by atoms with Gasteiger partial charge in [-0.1, -0.05) is 43.8 Å². The minimum absolute atomic E-state index is 0.778. The van der Waals surface area contributed by atoms with Gasteiger partial charge < -0.3 is 10.6 Å². The molecule has 0 aliphatic heterocycles. The van der Waals surface area contributed by atoms with Crippen molar-refractivity contribution < 1.29 is 0 Å². The standard InChI is InChI=1S/C19H24N2/c1-5-17-6-8-18(9-7-17)13-20-16(4)21-19-11-14(2)10-15(3)12-19/h6-12,20-21H,4-5,13H2,1-3H3. The highest BCUT2D eigenvalue weighted by Gasteiger charge is 1.99. The molecule has 2 rings (SSSR count). The molecule has 0 aliphatic carbocycles. The smallest absolute Gasteiger partial charge is 0.0959 e. The van der Waals surface area contributed by atoms with Crippen LogP contribution in [0.5, 0.6) is 0 Å². The van der Waals surface area contributed by atoms with Crippen LogP contribution < -0.4 is 10.6 Å². The maximum absolute atomic E-state index is 4.04. The van der Waals surface area contributed by atoms with Crippen molar-refractivity contribution in [3.63, 3.8) is 0 Å². The van der Waals surface area contributed by atoms with Gasteiger partial charge in [0, 0.05) is 12.2 Å². The Kier molecular flexibility index (Phi) is 5.04. The molecule has 0 spiro atoms. The van der Waals surface area contributed by atoms with Crippen molar-refractivity contribution in [1.29, 1.82) is 0 Å². The average Bonchev–Trinajstić information content (AvgIpc) is 2.44. The van der Waals surface area contributed by atoms with Crippen molar-refractivity contribution in [3.8, 4) is 0 Å². The molecular formula is C19H24N2. The summed E-state index contributed by atoms with van der Waals surface area (Å²) in [7, 11) is 0.